The van der Waals surface area contributed by atoms with Gasteiger partial charge in [0.1, 0.15) is 6.61 Å². The van der Waals surface area contributed by atoms with E-state index < -0.39 is 0 Å². The van der Waals surface area contributed by atoms with Gasteiger partial charge in [-0.25, -0.2) is 4.98 Å². The van der Waals surface area contributed by atoms with Crippen molar-refractivity contribution in [3.63, 3.8) is 0 Å². The number of hydrogen-bond donors (Lipinski definition) is 1. The Morgan fingerprint density at radius 3 is 2.85 bits per heavy atom. The first-order valence-corrected chi connectivity index (χ1v) is 7.05. The first kappa shape index (κ1) is 15.0. The van der Waals surface area contributed by atoms with Crippen LogP contribution in [0.25, 0.3) is 0 Å². The third-order valence-electron chi connectivity index (χ3n) is 2.42. The Morgan fingerprint density at radius 2 is 2.10 bits per heavy atom. The van der Waals surface area contributed by atoms with Crippen molar-refractivity contribution in [3.05, 3.63) is 57.8 Å². The molecular weight excluding hydrogens is 344 g/mol. The SMILES string of the molecule is O=C(COCc1ccccc1)Nc1cc(Br)cnc1Cl. The number of nitrogens with one attached hydrogen (secondary N) is 1. The lowest BCUT2D eigenvalue weighted by Crippen LogP contribution is -2.18. The van der Waals surface area contributed by atoms with E-state index in [1.165, 1.54) is 0 Å². The Hall–Kier alpha value is -1.43. The zero-order valence-corrected chi connectivity index (χ0v) is 12.8. The highest BCUT2D eigenvalue weighted by atomic mass is 79.9. The highest BCUT2D eigenvalue weighted by Gasteiger charge is 2.07. The number of aromatic nitrogens is 1. The fraction of sp³-hybridized carbons (Fsp3) is 0.143. The van der Waals surface area contributed by atoms with Gasteiger partial charge in [-0.2, -0.15) is 0 Å². The first-order valence-electron chi connectivity index (χ1n) is 5.88. The minimum Gasteiger partial charge on any atom is -0.367 e. The number of halogens is 2. The van der Waals surface area contributed by atoms with Crippen molar-refractivity contribution < 1.29 is 9.53 Å². The minimum atomic E-state index is -0.275. The van der Waals surface area contributed by atoms with E-state index >= 15 is 0 Å². The summed E-state index contributed by atoms with van der Waals surface area (Å²) in [6, 6.07) is 11.3. The number of carbonyl (C=O) groups excluding carboxylic acids is 1. The van der Waals surface area contributed by atoms with Gasteiger partial charge in [0.15, 0.2) is 5.15 Å². The lowest BCUT2D eigenvalue weighted by Gasteiger charge is -2.08. The second-order valence-electron chi connectivity index (χ2n) is 4.02. The first-order chi connectivity index (χ1) is 9.65. The number of amides is 1. The monoisotopic (exact) mass is 354 g/mol. The van der Waals surface area contributed by atoms with Crippen LogP contribution in [0.5, 0.6) is 0 Å². The van der Waals surface area contributed by atoms with E-state index in [0.29, 0.717) is 12.3 Å². The second kappa shape index (κ2) is 7.38. The lowest BCUT2D eigenvalue weighted by molar-refractivity contribution is -0.121. The molecule has 0 spiro atoms. The maximum Gasteiger partial charge on any atom is 0.250 e. The number of pyridine rings is 1. The molecule has 0 unspecified atom stereocenters. The van der Waals surface area contributed by atoms with Crippen molar-refractivity contribution in [1.82, 2.24) is 4.98 Å². The molecular formula is C14H12BrClN2O2. The molecule has 0 aliphatic rings. The molecule has 2 aromatic rings. The van der Waals surface area contributed by atoms with Crippen LogP contribution in [0.4, 0.5) is 5.69 Å². The van der Waals surface area contributed by atoms with E-state index in [0.717, 1.165) is 10.0 Å². The van der Waals surface area contributed by atoms with E-state index in [4.69, 9.17) is 16.3 Å². The van der Waals surface area contributed by atoms with Gasteiger partial charge in [0.05, 0.1) is 12.3 Å². The van der Waals surface area contributed by atoms with Crippen LogP contribution in [-0.2, 0) is 16.1 Å². The molecule has 0 bridgehead atoms. The Morgan fingerprint density at radius 1 is 1.35 bits per heavy atom. The number of rotatable bonds is 5. The Bertz CT molecular complexity index is 593. The molecule has 0 fully saturated rings. The van der Waals surface area contributed by atoms with Crippen molar-refractivity contribution in [2.45, 2.75) is 6.61 Å². The summed E-state index contributed by atoms with van der Waals surface area (Å²) in [5.74, 6) is -0.275. The van der Waals surface area contributed by atoms with E-state index in [9.17, 15) is 4.79 Å². The van der Waals surface area contributed by atoms with Crippen LogP contribution in [-0.4, -0.2) is 17.5 Å². The number of anilines is 1. The van der Waals surface area contributed by atoms with Gasteiger partial charge in [0.2, 0.25) is 5.91 Å². The summed E-state index contributed by atoms with van der Waals surface area (Å²) in [6.07, 6.45) is 1.56. The van der Waals surface area contributed by atoms with Crippen LogP contribution in [0.2, 0.25) is 5.15 Å². The highest BCUT2D eigenvalue weighted by molar-refractivity contribution is 9.10. The summed E-state index contributed by atoms with van der Waals surface area (Å²) in [4.78, 5) is 15.7. The van der Waals surface area contributed by atoms with Gasteiger partial charge < -0.3 is 10.1 Å². The van der Waals surface area contributed by atoms with Crippen LogP contribution < -0.4 is 5.32 Å². The summed E-state index contributed by atoms with van der Waals surface area (Å²) < 4.78 is 6.07. The fourth-order valence-electron chi connectivity index (χ4n) is 1.53. The summed E-state index contributed by atoms with van der Waals surface area (Å²) in [7, 11) is 0. The number of hydrogen-bond acceptors (Lipinski definition) is 3. The summed E-state index contributed by atoms with van der Waals surface area (Å²) in [5, 5.41) is 2.89. The number of benzene rings is 1. The van der Waals surface area contributed by atoms with Crippen LogP contribution in [0.15, 0.2) is 47.1 Å². The van der Waals surface area contributed by atoms with Crippen LogP contribution in [0, 0.1) is 0 Å². The maximum atomic E-state index is 11.7. The average molecular weight is 356 g/mol. The average Bonchev–Trinajstić information content (AvgIpc) is 2.44. The molecule has 1 amide bonds. The van der Waals surface area contributed by atoms with Crippen molar-refractivity contribution in [1.29, 1.82) is 0 Å². The normalized spacial score (nSPS) is 10.3. The molecule has 1 aromatic heterocycles. The Balaban J connectivity index is 1.82. The Labute approximate surface area is 130 Å². The van der Waals surface area contributed by atoms with E-state index in [2.05, 4.69) is 26.2 Å². The van der Waals surface area contributed by atoms with Crippen LogP contribution in [0.1, 0.15) is 5.56 Å². The zero-order chi connectivity index (χ0) is 14.4. The van der Waals surface area contributed by atoms with Crippen LogP contribution >= 0.6 is 27.5 Å². The van der Waals surface area contributed by atoms with Gasteiger partial charge in [0, 0.05) is 10.7 Å². The molecule has 0 saturated heterocycles. The molecule has 0 saturated carbocycles. The van der Waals surface area contributed by atoms with Crippen molar-refractivity contribution in [2.24, 2.45) is 0 Å². The quantitative estimate of drug-likeness (QED) is 0.833. The number of nitrogens with zero attached hydrogens (tertiary/aromatic N) is 1. The topological polar surface area (TPSA) is 51.2 Å². The molecule has 6 heteroatoms. The van der Waals surface area contributed by atoms with Gasteiger partial charge in [-0.3, -0.25) is 4.79 Å². The van der Waals surface area contributed by atoms with Crippen molar-refractivity contribution >= 4 is 39.1 Å². The summed E-state index contributed by atoms with van der Waals surface area (Å²) >= 11 is 9.15. The maximum absolute atomic E-state index is 11.7. The van der Waals surface area contributed by atoms with Gasteiger partial charge in [-0.1, -0.05) is 41.9 Å². The zero-order valence-electron chi connectivity index (χ0n) is 10.5. The van der Waals surface area contributed by atoms with Gasteiger partial charge in [-0.05, 0) is 27.6 Å². The van der Waals surface area contributed by atoms with Crippen molar-refractivity contribution in [3.8, 4) is 0 Å². The number of ether oxygens (including phenoxy) is 1. The molecule has 0 aliphatic heterocycles. The molecule has 20 heavy (non-hydrogen) atoms. The molecule has 2 rings (SSSR count). The van der Waals surface area contributed by atoms with E-state index in [1.54, 1.807) is 12.3 Å². The molecule has 0 aliphatic carbocycles. The summed E-state index contributed by atoms with van der Waals surface area (Å²) in [6.45, 7) is 0.344. The summed E-state index contributed by atoms with van der Waals surface area (Å²) in [5.41, 5.74) is 1.47. The highest BCUT2D eigenvalue weighted by Crippen LogP contribution is 2.22. The smallest absolute Gasteiger partial charge is 0.250 e. The van der Waals surface area contributed by atoms with E-state index in [1.807, 2.05) is 30.3 Å². The molecule has 1 heterocycles. The van der Waals surface area contributed by atoms with Gasteiger partial charge >= 0.3 is 0 Å². The minimum absolute atomic E-state index is 0.0439. The molecule has 0 radical (unpaired) electrons. The van der Waals surface area contributed by atoms with Crippen molar-refractivity contribution in [2.75, 3.05) is 11.9 Å². The van der Waals surface area contributed by atoms with Gasteiger partial charge in [0.25, 0.3) is 0 Å². The molecule has 1 N–H and O–H groups in total. The van der Waals surface area contributed by atoms with Crippen LogP contribution in [0.3, 0.4) is 0 Å². The predicted molar refractivity (Wildman–Crippen MR) is 81.7 cm³/mol. The lowest BCUT2D eigenvalue weighted by atomic mass is 10.2. The molecule has 1 aromatic carbocycles. The molecule has 104 valence electrons. The Kier molecular flexibility index (Phi) is 5.52. The van der Waals surface area contributed by atoms with E-state index in [-0.39, 0.29) is 17.7 Å². The third-order valence-corrected chi connectivity index (χ3v) is 3.16. The largest absolute Gasteiger partial charge is 0.367 e. The predicted octanol–water partition coefficient (Wildman–Crippen LogP) is 3.65. The molecule has 4 nitrogen and oxygen atoms in total. The van der Waals surface area contributed by atoms with Gasteiger partial charge in [-0.15, -0.1) is 0 Å². The fourth-order valence-corrected chi connectivity index (χ4v) is 2.01. The second-order valence-corrected chi connectivity index (χ2v) is 5.29. The third kappa shape index (κ3) is 4.59. The standard InChI is InChI=1S/C14H12BrClN2O2/c15-11-6-12(14(16)17-7-11)18-13(19)9-20-8-10-4-2-1-3-5-10/h1-7H,8-9H2,(H,18,19). The molecule has 0 atom stereocenters. The number of carbonyl (C=O) groups is 1.